The van der Waals surface area contributed by atoms with Crippen molar-refractivity contribution in [3.8, 4) is 16.9 Å². The number of pyridine rings is 1. The van der Waals surface area contributed by atoms with Gasteiger partial charge in [0.1, 0.15) is 5.75 Å². The molecule has 0 aliphatic carbocycles. The molecule has 0 radical (unpaired) electrons. The largest absolute Gasteiger partial charge is 0.497 e. The van der Waals surface area contributed by atoms with Crippen molar-refractivity contribution in [2.75, 3.05) is 7.11 Å². The number of amides is 1. The Morgan fingerprint density at radius 3 is 2.45 bits per heavy atom. The lowest BCUT2D eigenvalue weighted by molar-refractivity contribution is -0.141. The molecule has 3 aromatic carbocycles. The van der Waals surface area contributed by atoms with Gasteiger partial charge >= 0.3 is 5.97 Å². The van der Waals surface area contributed by atoms with Gasteiger partial charge in [-0.05, 0) is 42.3 Å². The van der Waals surface area contributed by atoms with Crippen molar-refractivity contribution in [1.29, 1.82) is 0 Å². The van der Waals surface area contributed by atoms with Gasteiger partial charge in [-0.2, -0.15) is 5.10 Å². The Labute approximate surface area is 219 Å². The lowest BCUT2D eigenvalue weighted by atomic mass is 9.90. The number of benzene rings is 3. The second kappa shape index (κ2) is 10.3. The van der Waals surface area contributed by atoms with Crippen LogP contribution >= 0.6 is 0 Å². The Morgan fingerprint density at radius 2 is 1.76 bits per heavy atom. The summed E-state index contributed by atoms with van der Waals surface area (Å²) in [4.78, 5) is 40.9. The number of nitrogens with zero attached hydrogens (tertiary/aromatic N) is 2. The number of aromatic amines is 1. The number of aryl methyl sites for hydroxylation is 1. The summed E-state index contributed by atoms with van der Waals surface area (Å²) >= 11 is 0. The van der Waals surface area contributed by atoms with Gasteiger partial charge in [0.05, 0.1) is 30.8 Å². The van der Waals surface area contributed by atoms with Crippen LogP contribution in [-0.2, 0) is 9.59 Å². The molecule has 1 atom stereocenters. The number of hydrogen-bond acceptors (Lipinski definition) is 5. The van der Waals surface area contributed by atoms with Gasteiger partial charge in [0.2, 0.25) is 5.91 Å². The predicted octanol–water partition coefficient (Wildman–Crippen LogP) is 5.05. The summed E-state index contributed by atoms with van der Waals surface area (Å²) < 4.78 is 5.27. The highest BCUT2D eigenvalue weighted by Gasteiger charge is 2.35. The highest BCUT2D eigenvalue weighted by Crippen LogP contribution is 2.37. The van der Waals surface area contributed by atoms with Crippen LogP contribution in [0.5, 0.6) is 5.75 Å². The summed E-state index contributed by atoms with van der Waals surface area (Å²) in [5.74, 6) is -0.808. The zero-order valence-corrected chi connectivity index (χ0v) is 21.1. The average molecular weight is 510 g/mol. The predicted molar refractivity (Wildman–Crippen MR) is 145 cm³/mol. The van der Waals surface area contributed by atoms with E-state index in [0.717, 1.165) is 27.6 Å². The Kier molecular flexibility index (Phi) is 6.79. The highest BCUT2D eigenvalue weighted by molar-refractivity contribution is 6.13. The molecule has 8 nitrogen and oxygen atoms in total. The second-order valence-corrected chi connectivity index (χ2v) is 9.29. The minimum Gasteiger partial charge on any atom is -0.497 e. The van der Waals surface area contributed by atoms with Crippen LogP contribution in [0, 0.1) is 6.92 Å². The molecular formula is C30H27N3O5. The number of carboxylic acids is 1. The van der Waals surface area contributed by atoms with Gasteiger partial charge in [-0.15, -0.1) is 0 Å². The van der Waals surface area contributed by atoms with Gasteiger partial charge < -0.3 is 14.8 Å². The van der Waals surface area contributed by atoms with E-state index in [-0.39, 0.29) is 18.4 Å². The number of nitrogens with one attached hydrogen (secondary N) is 1. The van der Waals surface area contributed by atoms with Crippen molar-refractivity contribution < 1.29 is 19.4 Å². The molecule has 1 aromatic heterocycles. The Morgan fingerprint density at radius 1 is 1.03 bits per heavy atom. The highest BCUT2D eigenvalue weighted by atomic mass is 16.5. The Hall–Kier alpha value is -4.72. The van der Waals surface area contributed by atoms with Crippen LogP contribution in [0.15, 0.2) is 82.7 Å². The van der Waals surface area contributed by atoms with Crippen molar-refractivity contribution >= 4 is 28.5 Å². The van der Waals surface area contributed by atoms with Crippen molar-refractivity contribution in [3.63, 3.8) is 0 Å². The Balaban J connectivity index is 1.68. The molecule has 1 amide bonds. The zero-order valence-electron chi connectivity index (χ0n) is 21.1. The fourth-order valence-corrected chi connectivity index (χ4v) is 4.89. The van der Waals surface area contributed by atoms with Gasteiger partial charge in [0.15, 0.2) is 0 Å². The fraction of sp³-hybridized carbons (Fsp3) is 0.200. The minimum atomic E-state index is -1.06. The summed E-state index contributed by atoms with van der Waals surface area (Å²) in [5, 5.41) is 16.0. The number of carbonyl (C=O) groups is 2. The number of methoxy groups -OCH3 is 1. The molecule has 8 heteroatoms. The van der Waals surface area contributed by atoms with E-state index in [1.165, 1.54) is 5.01 Å². The van der Waals surface area contributed by atoms with Gasteiger partial charge in [-0.25, -0.2) is 5.01 Å². The van der Waals surface area contributed by atoms with Crippen LogP contribution in [0.1, 0.15) is 42.0 Å². The minimum absolute atomic E-state index is 0.197. The van der Waals surface area contributed by atoms with Gasteiger partial charge in [0, 0.05) is 29.3 Å². The van der Waals surface area contributed by atoms with Crippen LogP contribution in [-0.4, -0.2) is 39.8 Å². The number of ether oxygens (including phenoxy) is 1. The number of rotatable bonds is 7. The molecule has 0 unspecified atom stereocenters. The number of carboxylic acid groups (broad SMARTS) is 1. The van der Waals surface area contributed by atoms with Gasteiger partial charge in [0.25, 0.3) is 5.56 Å². The number of hydrogen-bond donors (Lipinski definition) is 2. The maximum atomic E-state index is 13.6. The van der Waals surface area contributed by atoms with Crippen LogP contribution in [0.25, 0.3) is 22.0 Å². The molecule has 2 N–H and O–H groups in total. The number of aliphatic carboxylic acids is 1. The third kappa shape index (κ3) is 4.80. The first kappa shape index (κ1) is 25.0. The molecule has 38 heavy (non-hydrogen) atoms. The van der Waals surface area contributed by atoms with Crippen LogP contribution in [0.4, 0.5) is 0 Å². The first-order chi connectivity index (χ1) is 18.4. The quantitative estimate of drug-likeness (QED) is 0.362. The summed E-state index contributed by atoms with van der Waals surface area (Å²) in [6.45, 7) is 1.99. The molecule has 4 aromatic rings. The average Bonchev–Trinajstić information content (AvgIpc) is 3.37. The summed E-state index contributed by atoms with van der Waals surface area (Å²) in [6, 6.07) is 22.3. The molecule has 0 saturated heterocycles. The van der Waals surface area contributed by atoms with Crippen molar-refractivity contribution in [2.45, 2.75) is 32.2 Å². The Bertz CT molecular complexity index is 1610. The molecule has 0 bridgehead atoms. The number of carbonyl (C=O) groups excluding carboxylic acids is 1. The van der Waals surface area contributed by atoms with Crippen molar-refractivity contribution in [1.82, 2.24) is 9.99 Å². The molecule has 0 spiro atoms. The lowest BCUT2D eigenvalue weighted by Crippen LogP contribution is -2.27. The van der Waals surface area contributed by atoms with E-state index in [1.54, 1.807) is 19.2 Å². The van der Waals surface area contributed by atoms with Crippen LogP contribution < -0.4 is 10.3 Å². The number of fused-ring (bicyclic) bond motifs is 1. The maximum Gasteiger partial charge on any atom is 0.303 e. The van der Waals surface area contributed by atoms with Crippen molar-refractivity contribution in [2.24, 2.45) is 5.10 Å². The number of aromatic nitrogens is 1. The van der Waals surface area contributed by atoms with E-state index in [2.05, 4.69) is 10.1 Å². The normalized spacial score (nSPS) is 14.9. The molecule has 192 valence electrons. The van der Waals surface area contributed by atoms with Gasteiger partial charge in [-0.1, -0.05) is 54.1 Å². The topological polar surface area (TPSA) is 112 Å². The summed E-state index contributed by atoms with van der Waals surface area (Å²) in [6.07, 6.45) is -0.205. The fourth-order valence-electron chi connectivity index (χ4n) is 4.89. The van der Waals surface area contributed by atoms with E-state index >= 15 is 0 Å². The first-order valence-corrected chi connectivity index (χ1v) is 12.3. The third-order valence-corrected chi connectivity index (χ3v) is 6.74. The smallest absolute Gasteiger partial charge is 0.303 e. The first-order valence-electron chi connectivity index (χ1n) is 12.3. The van der Waals surface area contributed by atoms with E-state index in [1.807, 2.05) is 67.6 Å². The molecule has 1 aliphatic rings. The summed E-state index contributed by atoms with van der Waals surface area (Å²) in [7, 11) is 1.58. The standard InChI is InChI=1S/C30H27N3O5/c1-18-8-13-23-22(16-18)28(20-6-4-3-5-7-20)29(30(37)31-23)24-17-25(19-9-11-21(38-2)12-10-19)33(32-24)26(34)14-15-27(35)36/h3-13,16,25H,14-15,17H2,1-2H3,(H,31,37)(H,35,36)/t25-/m0/s1. The third-order valence-electron chi connectivity index (χ3n) is 6.74. The maximum absolute atomic E-state index is 13.6. The SMILES string of the molecule is COc1ccc([C@@H]2CC(c3c(-c4ccccc4)c4cc(C)ccc4[nH]c3=O)=NN2C(=O)CCC(=O)O)cc1. The van der Waals surface area contributed by atoms with E-state index < -0.39 is 17.9 Å². The van der Waals surface area contributed by atoms with E-state index in [4.69, 9.17) is 9.84 Å². The number of hydrazone groups is 1. The van der Waals surface area contributed by atoms with Crippen LogP contribution in [0.2, 0.25) is 0 Å². The summed E-state index contributed by atoms with van der Waals surface area (Å²) in [5.41, 5.74) is 4.75. The molecular weight excluding hydrogens is 482 g/mol. The van der Waals surface area contributed by atoms with Crippen LogP contribution in [0.3, 0.4) is 0 Å². The van der Waals surface area contributed by atoms with E-state index in [9.17, 15) is 14.4 Å². The van der Waals surface area contributed by atoms with Gasteiger partial charge in [-0.3, -0.25) is 14.4 Å². The molecule has 5 rings (SSSR count). The second-order valence-electron chi connectivity index (χ2n) is 9.29. The monoisotopic (exact) mass is 509 g/mol. The molecule has 0 fully saturated rings. The molecule has 2 heterocycles. The zero-order chi connectivity index (χ0) is 26.8. The number of H-pyrrole nitrogens is 1. The lowest BCUT2D eigenvalue weighted by Gasteiger charge is -2.22. The van der Waals surface area contributed by atoms with Crippen molar-refractivity contribution in [3.05, 3.63) is 99.8 Å². The molecule has 0 saturated carbocycles. The molecule has 1 aliphatic heterocycles. The van der Waals surface area contributed by atoms with E-state index in [0.29, 0.717) is 29.0 Å².